The van der Waals surface area contributed by atoms with Gasteiger partial charge in [-0.05, 0) is 139 Å². The van der Waals surface area contributed by atoms with Crippen molar-refractivity contribution >= 4 is 0 Å². The summed E-state index contributed by atoms with van der Waals surface area (Å²) in [5.41, 5.74) is 7.93. The van der Waals surface area contributed by atoms with E-state index in [-0.39, 0.29) is 0 Å². The summed E-state index contributed by atoms with van der Waals surface area (Å²) < 4.78 is 0. The summed E-state index contributed by atoms with van der Waals surface area (Å²) in [7, 11) is 0. The third-order valence-electron chi connectivity index (χ3n) is 8.41. The molecular weight excluding hydrogens is 396 g/mol. The molecule has 0 spiro atoms. The second-order valence-electron chi connectivity index (χ2n) is 11.2. The largest absolute Gasteiger partial charge is 0.103 e. The fourth-order valence-corrected chi connectivity index (χ4v) is 6.31. The number of hydrogen-bond donors (Lipinski definition) is 0. The van der Waals surface area contributed by atoms with Crippen LogP contribution in [0.25, 0.3) is 0 Å². The smallest absolute Gasteiger partial charge is 0.0248 e. The minimum absolute atomic E-state index is 0.908. The van der Waals surface area contributed by atoms with Gasteiger partial charge in [0.25, 0.3) is 0 Å². The summed E-state index contributed by atoms with van der Waals surface area (Å²) in [6.45, 7) is 10.6. The number of rotatable bonds is 12. The van der Waals surface area contributed by atoms with Crippen LogP contribution >= 0.6 is 0 Å². The minimum atomic E-state index is 0.908. The predicted molar refractivity (Wildman–Crippen MR) is 147 cm³/mol. The van der Waals surface area contributed by atoms with Crippen molar-refractivity contribution in [3.63, 3.8) is 0 Å². The third-order valence-corrected chi connectivity index (χ3v) is 8.41. The minimum Gasteiger partial charge on any atom is -0.103 e. The quantitative estimate of drug-likeness (QED) is 0.280. The molecule has 1 atom stereocenters. The molecule has 1 saturated carbocycles. The number of aryl methyl sites for hydroxylation is 2. The maximum absolute atomic E-state index is 3.89. The van der Waals surface area contributed by atoms with E-state index in [9.17, 15) is 0 Å². The molecule has 0 N–H and O–H groups in total. The van der Waals surface area contributed by atoms with Crippen LogP contribution in [0.4, 0.5) is 0 Å². The number of hydrogen-bond acceptors (Lipinski definition) is 0. The van der Waals surface area contributed by atoms with Crippen LogP contribution in [-0.2, 0) is 6.42 Å². The molecular formula is C33H50. The highest BCUT2D eigenvalue weighted by Gasteiger charge is 2.24. The van der Waals surface area contributed by atoms with E-state index in [1.54, 1.807) is 16.7 Å². The van der Waals surface area contributed by atoms with Crippen molar-refractivity contribution < 1.29 is 0 Å². The summed E-state index contributed by atoms with van der Waals surface area (Å²) in [4.78, 5) is 0. The molecule has 0 aliphatic heterocycles. The van der Waals surface area contributed by atoms with E-state index >= 15 is 0 Å². The van der Waals surface area contributed by atoms with E-state index in [0.29, 0.717) is 0 Å². The van der Waals surface area contributed by atoms with Gasteiger partial charge in [0.05, 0.1) is 0 Å². The van der Waals surface area contributed by atoms with Crippen LogP contribution in [0.15, 0.2) is 54.2 Å². The van der Waals surface area contributed by atoms with Crippen LogP contribution in [0, 0.1) is 31.6 Å². The van der Waals surface area contributed by atoms with Gasteiger partial charge in [-0.2, -0.15) is 0 Å². The maximum Gasteiger partial charge on any atom is -0.0248 e. The average molecular weight is 447 g/mol. The highest BCUT2D eigenvalue weighted by Crippen LogP contribution is 2.38. The summed E-state index contributed by atoms with van der Waals surface area (Å²) in [6.07, 6.45) is 27.4. The second-order valence-corrected chi connectivity index (χ2v) is 11.2. The normalized spacial score (nSPS) is 23.9. The molecule has 1 fully saturated rings. The highest BCUT2D eigenvalue weighted by atomic mass is 14.3. The van der Waals surface area contributed by atoms with Gasteiger partial charge in [-0.15, -0.1) is 6.58 Å². The Bertz CT molecular complexity index is 784. The Labute approximate surface area is 205 Å². The standard InChI is InChI=1S/C33H50/c1-5-7-10-28(9-6-2)11-8-12-29-14-16-30(17-15-29)24-31-18-20-32(21-19-31)25-33-22-13-26(3)23-27(33)4/h5,9,13,16,22-23,29,31-32H,1,6-8,10-12,14-15,17-21,24-25H2,2-4H3/b28-9+/t29-,31?,32?/m1/s1. The molecule has 0 aromatic heterocycles. The number of allylic oxidation sites excluding steroid dienone is 5. The molecule has 0 amide bonds. The summed E-state index contributed by atoms with van der Waals surface area (Å²) >= 11 is 0. The molecule has 0 heterocycles. The molecule has 0 unspecified atom stereocenters. The maximum atomic E-state index is 3.89. The van der Waals surface area contributed by atoms with Gasteiger partial charge in [0.2, 0.25) is 0 Å². The van der Waals surface area contributed by atoms with Crippen LogP contribution in [0.2, 0.25) is 0 Å². The zero-order valence-corrected chi connectivity index (χ0v) is 22.0. The molecule has 0 radical (unpaired) electrons. The van der Waals surface area contributed by atoms with Gasteiger partial charge >= 0.3 is 0 Å². The van der Waals surface area contributed by atoms with Gasteiger partial charge in [-0.25, -0.2) is 0 Å². The lowest BCUT2D eigenvalue weighted by atomic mass is 9.75. The fourth-order valence-electron chi connectivity index (χ4n) is 6.31. The number of benzene rings is 1. The first-order valence-electron chi connectivity index (χ1n) is 14.1. The van der Waals surface area contributed by atoms with Gasteiger partial charge in [0.1, 0.15) is 0 Å². The van der Waals surface area contributed by atoms with Gasteiger partial charge in [-0.3, -0.25) is 0 Å². The lowest BCUT2D eigenvalue weighted by molar-refractivity contribution is 0.268. The molecule has 0 heteroatoms. The molecule has 182 valence electrons. The van der Waals surface area contributed by atoms with Crippen molar-refractivity contribution in [1.82, 2.24) is 0 Å². The highest BCUT2D eigenvalue weighted by molar-refractivity contribution is 5.30. The Morgan fingerprint density at radius 2 is 1.73 bits per heavy atom. The Morgan fingerprint density at radius 3 is 2.36 bits per heavy atom. The van der Waals surface area contributed by atoms with Crippen LogP contribution in [0.1, 0.15) is 114 Å². The van der Waals surface area contributed by atoms with Crippen molar-refractivity contribution in [3.05, 3.63) is 70.8 Å². The SMILES string of the molecule is C=CCC/C(=C\CC)CCC[C@@H]1CC=C(CC2CCC(Cc3ccc(C)cc3C)CC2)CC1. The van der Waals surface area contributed by atoms with Crippen LogP contribution < -0.4 is 0 Å². The van der Waals surface area contributed by atoms with Gasteiger partial charge < -0.3 is 0 Å². The Morgan fingerprint density at radius 1 is 0.970 bits per heavy atom. The zero-order chi connectivity index (χ0) is 23.5. The van der Waals surface area contributed by atoms with Crippen molar-refractivity contribution in [2.75, 3.05) is 0 Å². The first-order valence-corrected chi connectivity index (χ1v) is 14.1. The lowest BCUT2D eigenvalue weighted by Gasteiger charge is -2.31. The predicted octanol–water partition coefficient (Wildman–Crippen LogP) is 10.2. The Balaban J connectivity index is 1.34. The second kappa shape index (κ2) is 14.0. The van der Waals surface area contributed by atoms with Gasteiger partial charge in [-0.1, -0.05) is 60.1 Å². The topological polar surface area (TPSA) is 0 Å². The summed E-state index contributed by atoms with van der Waals surface area (Å²) in [5.74, 6) is 2.80. The third kappa shape index (κ3) is 8.95. The van der Waals surface area contributed by atoms with Crippen molar-refractivity contribution in [2.45, 2.75) is 117 Å². The molecule has 3 rings (SSSR count). The molecule has 0 saturated heterocycles. The molecule has 2 aliphatic rings. The average Bonchev–Trinajstić information content (AvgIpc) is 2.81. The molecule has 1 aromatic rings. The zero-order valence-electron chi connectivity index (χ0n) is 22.0. The van der Waals surface area contributed by atoms with Gasteiger partial charge in [0.15, 0.2) is 0 Å². The van der Waals surface area contributed by atoms with Crippen LogP contribution in [0.5, 0.6) is 0 Å². The van der Waals surface area contributed by atoms with E-state index in [1.807, 2.05) is 0 Å². The van der Waals surface area contributed by atoms with E-state index in [2.05, 4.69) is 63.8 Å². The molecule has 0 bridgehead atoms. The molecule has 1 aromatic carbocycles. The first-order chi connectivity index (χ1) is 16.1. The summed E-state index contributed by atoms with van der Waals surface area (Å²) in [6, 6.07) is 7.02. The lowest BCUT2D eigenvalue weighted by Crippen LogP contribution is -2.18. The molecule has 2 aliphatic carbocycles. The fraction of sp³-hybridized carbons (Fsp3) is 0.636. The van der Waals surface area contributed by atoms with Crippen molar-refractivity contribution in [1.29, 1.82) is 0 Å². The Hall–Kier alpha value is -1.56. The monoisotopic (exact) mass is 446 g/mol. The van der Waals surface area contributed by atoms with Crippen molar-refractivity contribution in [2.24, 2.45) is 17.8 Å². The van der Waals surface area contributed by atoms with E-state index in [0.717, 1.165) is 24.2 Å². The van der Waals surface area contributed by atoms with Gasteiger partial charge in [0, 0.05) is 0 Å². The summed E-state index contributed by atoms with van der Waals surface area (Å²) in [5, 5.41) is 0. The van der Waals surface area contributed by atoms with E-state index in [4.69, 9.17) is 0 Å². The van der Waals surface area contributed by atoms with Crippen LogP contribution in [-0.4, -0.2) is 0 Å². The molecule has 0 nitrogen and oxygen atoms in total. The van der Waals surface area contributed by atoms with Crippen molar-refractivity contribution in [3.8, 4) is 0 Å². The van der Waals surface area contributed by atoms with Crippen LogP contribution in [0.3, 0.4) is 0 Å². The Kier molecular flexibility index (Phi) is 11.0. The van der Waals surface area contributed by atoms with E-state index in [1.165, 1.54) is 101 Å². The van der Waals surface area contributed by atoms with E-state index < -0.39 is 0 Å². The first kappa shape index (κ1) is 26.1. The molecule has 33 heavy (non-hydrogen) atoms.